The minimum atomic E-state index is -4.24. The van der Waals surface area contributed by atoms with Crippen LogP contribution in [0.4, 0.5) is 18.0 Å². The lowest BCUT2D eigenvalue weighted by molar-refractivity contribution is -0.214. The molecule has 0 unspecified atom stereocenters. The summed E-state index contributed by atoms with van der Waals surface area (Å²) < 4.78 is 44.1. The van der Waals surface area contributed by atoms with E-state index in [0.717, 1.165) is 5.56 Å². The van der Waals surface area contributed by atoms with Gasteiger partial charge in [-0.15, -0.1) is 0 Å². The number of piperidine rings is 1. The fraction of sp³-hybridized carbons (Fsp3) is 0.625. The highest BCUT2D eigenvalue weighted by Gasteiger charge is 2.51. The average molecular weight is 345 g/mol. The molecule has 1 aliphatic rings. The van der Waals surface area contributed by atoms with Gasteiger partial charge >= 0.3 is 12.2 Å². The first-order chi connectivity index (χ1) is 11.1. The maximum atomic E-state index is 13.1. The van der Waals surface area contributed by atoms with Crippen molar-refractivity contribution >= 4 is 6.03 Å². The van der Waals surface area contributed by atoms with Gasteiger partial charge in [0.1, 0.15) is 0 Å². The maximum absolute atomic E-state index is 13.1. The lowest BCUT2D eigenvalue weighted by atomic mass is 9.73. The molecule has 8 heteroatoms. The van der Waals surface area contributed by atoms with E-state index in [9.17, 15) is 18.0 Å². The van der Waals surface area contributed by atoms with E-state index in [1.165, 1.54) is 12.0 Å². The molecule has 1 saturated heterocycles. The summed E-state index contributed by atoms with van der Waals surface area (Å²) in [6.07, 6.45) is -2.73. The molecule has 1 aromatic rings. The van der Waals surface area contributed by atoms with Crippen LogP contribution in [0.3, 0.4) is 0 Å². The number of aromatic nitrogens is 1. The molecule has 0 bridgehead atoms. The number of nitrogens with zero attached hydrogens (tertiary/aromatic N) is 2. The molecular formula is C16H22F3N3O2. The highest BCUT2D eigenvalue weighted by Crippen LogP contribution is 2.44. The van der Waals surface area contributed by atoms with E-state index in [1.807, 2.05) is 0 Å². The third kappa shape index (κ3) is 4.30. The van der Waals surface area contributed by atoms with Gasteiger partial charge in [-0.2, -0.15) is 13.2 Å². The van der Waals surface area contributed by atoms with Gasteiger partial charge in [0.25, 0.3) is 0 Å². The van der Waals surface area contributed by atoms with Crippen LogP contribution in [0.2, 0.25) is 0 Å². The Morgan fingerprint density at radius 3 is 2.67 bits per heavy atom. The van der Waals surface area contributed by atoms with Crippen molar-refractivity contribution in [2.75, 3.05) is 20.2 Å². The predicted molar refractivity (Wildman–Crippen MR) is 82.5 cm³/mol. The zero-order chi connectivity index (χ0) is 18.0. The molecule has 2 rings (SSSR count). The molecule has 134 valence electrons. The van der Waals surface area contributed by atoms with Crippen LogP contribution in [0, 0.1) is 11.3 Å². The molecule has 0 saturated carbocycles. The first-order valence-electron chi connectivity index (χ1n) is 7.72. The second kappa shape index (κ2) is 6.86. The van der Waals surface area contributed by atoms with Gasteiger partial charge in [-0.25, -0.2) is 9.78 Å². The van der Waals surface area contributed by atoms with Gasteiger partial charge in [-0.1, -0.05) is 19.9 Å². The van der Waals surface area contributed by atoms with E-state index in [-0.39, 0.29) is 32.1 Å². The van der Waals surface area contributed by atoms with Crippen LogP contribution in [-0.2, 0) is 6.54 Å². The molecular weight excluding hydrogens is 323 g/mol. The molecule has 0 radical (unpaired) electrons. The monoisotopic (exact) mass is 345 g/mol. The summed E-state index contributed by atoms with van der Waals surface area (Å²) >= 11 is 0. The molecule has 1 aliphatic heterocycles. The number of pyridine rings is 1. The quantitative estimate of drug-likeness (QED) is 0.915. The van der Waals surface area contributed by atoms with Crippen LogP contribution in [-0.4, -0.2) is 42.3 Å². The summed E-state index contributed by atoms with van der Waals surface area (Å²) in [7, 11) is 1.51. The van der Waals surface area contributed by atoms with Crippen molar-refractivity contribution in [1.82, 2.24) is 15.2 Å². The number of carbonyl (C=O) groups is 1. The third-order valence-electron chi connectivity index (χ3n) is 4.36. The Labute approximate surface area is 139 Å². The Morgan fingerprint density at radius 2 is 2.17 bits per heavy atom. The van der Waals surface area contributed by atoms with Gasteiger partial charge in [0.05, 0.1) is 13.0 Å². The Hall–Kier alpha value is -1.99. The zero-order valence-corrected chi connectivity index (χ0v) is 14.0. The highest BCUT2D eigenvalue weighted by atomic mass is 19.4. The van der Waals surface area contributed by atoms with Gasteiger partial charge in [0, 0.05) is 31.9 Å². The standard InChI is InChI=1S/C16H22F3N3O2/c1-15(2)10-22(7-6-12(15)16(17,18)19)14(23)21-9-11-4-5-13(24-3)20-8-11/h4-5,8,12H,6-7,9-10H2,1-3H3,(H,21,23)/t12-/m1/s1. The number of urea groups is 1. The molecule has 1 fully saturated rings. The Kier molecular flexibility index (Phi) is 5.25. The van der Waals surface area contributed by atoms with Crippen LogP contribution < -0.4 is 10.1 Å². The van der Waals surface area contributed by atoms with E-state index in [0.29, 0.717) is 5.88 Å². The average Bonchev–Trinajstić information content (AvgIpc) is 2.50. The summed E-state index contributed by atoms with van der Waals surface area (Å²) in [5, 5.41) is 2.72. The van der Waals surface area contributed by atoms with Crippen molar-refractivity contribution in [2.45, 2.75) is 33.0 Å². The smallest absolute Gasteiger partial charge is 0.392 e. The van der Waals surface area contributed by atoms with E-state index in [2.05, 4.69) is 10.3 Å². The van der Waals surface area contributed by atoms with Gasteiger partial charge in [-0.3, -0.25) is 0 Å². The molecule has 0 spiro atoms. The largest absolute Gasteiger partial charge is 0.481 e. The number of amides is 2. The first kappa shape index (κ1) is 18.4. The second-order valence-electron chi connectivity index (χ2n) is 6.66. The second-order valence-corrected chi connectivity index (χ2v) is 6.66. The highest BCUT2D eigenvalue weighted by molar-refractivity contribution is 5.74. The molecule has 0 aliphatic carbocycles. The number of halogens is 3. The van der Waals surface area contributed by atoms with Crippen LogP contribution >= 0.6 is 0 Å². The van der Waals surface area contributed by atoms with Gasteiger partial charge < -0.3 is 15.0 Å². The number of rotatable bonds is 3. The number of alkyl halides is 3. The minimum absolute atomic E-state index is 0.0733. The third-order valence-corrected chi connectivity index (χ3v) is 4.36. The summed E-state index contributed by atoms with van der Waals surface area (Å²) in [6.45, 7) is 3.54. The van der Waals surface area contributed by atoms with Gasteiger partial charge in [0.2, 0.25) is 5.88 Å². The van der Waals surface area contributed by atoms with E-state index in [1.54, 1.807) is 32.2 Å². The van der Waals surface area contributed by atoms with Crippen molar-refractivity contribution in [1.29, 1.82) is 0 Å². The Balaban J connectivity index is 1.91. The number of likely N-dealkylation sites (tertiary alicyclic amines) is 1. The number of carbonyl (C=O) groups excluding carboxylic acids is 1. The molecule has 2 heterocycles. The number of hydrogen-bond donors (Lipinski definition) is 1. The van der Waals surface area contributed by atoms with Gasteiger partial charge in [0.15, 0.2) is 0 Å². The SMILES string of the molecule is COc1ccc(CNC(=O)N2CC[C@@H](C(F)(F)F)C(C)(C)C2)cn1. The lowest BCUT2D eigenvalue weighted by Crippen LogP contribution is -2.54. The fourth-order valence-corrected chi connectivity index (χ4v) is 3.06. The Bertz CT molecular complexity index is 573. The van der Waals surface area contributed by atoms with Crippen molar-refractivity contribution < 1.29 is 22.7 Å². The predicted octanol–water partition coefficient (Wildman–Crippen LogP) is 3.21. The number of ether oxygens (including phenoxy) is 1. The van der Waals surface area contributed by atoms with Crippen molar-refractivity contribution in [3.05, 3.63) is 23.9 Å². The molecule has 5 nitrogen and oxygen atoms in total. The van der Waals surface area contributed by atoms with E-state index >= 15 is 0 Å². The summed E-state index contributed by atoms with van der Waals surface area (Å²) in [4.78, 5) is 17.7. The topological polar surface area (TPSA) is 54.5 Å². The number of methoxy groups -OCH3 is 1. The fourth-order valence-electron chi connectivity index (χ4n) is 3.06. The van der Waals surface area contributed by atoms with Crippen molar-refractivity contribution in [3.8, 4) is 5.88 Å². The number of hydrogen-bond acceptors (Lipinski definition) is 3. The molecule has 0 aromatic carbocycles. The number of nitrogens with one attached hydrogen (secondary N) is 1. The summed E-state index contributed by atoms with van der Waals surface area (Å²) in [6, 6.07) is 3.09. The normalized spacial score (nSPS) is 20.6. The van der Waals surface area contributed by atoms with E-state index in [4.69, 9.17) is 4.74 Å². The van der Waals surface area contributed by atoms with Gasteiger partial charge in [-0.05, 0) is 17.4 Å². The van der Waals surface area contributed by atoms with Crippen LogP contribution in [0.25, 0.3) is 0 Å². The Morgan fingerprint density at radius 1 is 1.46 bits per heavy atom. The summed E-state index contributed by atoms with van der Waals surface area (Å²) in [5.41, 5.74) is -0.219. The first-order valence-corrected chi connectivity index (χ1v) is 7.72. The lowest BCUT2D eigenvalue weighted by Gasteiger charge is -2.44. The maximum Gasteiger partial charge on any atom is 0.392 e. The van der Waals surface area contributed by atoms with Crippen molar-refractivity contribution in [2.24, 2.45) is 11.3 Å². The molecule has 1 atom stereocenters. The summed E-state index contributed by atoms with van der Waals surface area (Å²) in [5.74, 6) is -0.916. The van der Waals surface area contributed by atoms with Crippen LogP contribution in [0.1, 0.15) is 25.8 Å². The molecule has 1 aromatic heterocycles. The minimum Gasteiger partial charge on any atom is -0.481 e. The van der Waals surface area contributed by atoms with Crippen LogP contribution in [0.5, 0.6) is 5.88 Å². The molecule has 2 amide bonds. The molecule has 1 N–H and O–H groups in total. The van der Waals surface area contributed by atoms with E-state index < -0.39 is 17.5 Å². The van der Waals surface area contributed by atoms with Crippen LogP contribution in [0.15, 0.2) is 18.3 Å². The van der Waals surface area contributed by atoms with Crippen molar-refractivity contribution in [3.63, 3.8) is 0 Å². The zero-order valence-electron chi connectivity index (χ0n) is 14.0. The molecule has 24 heavy (non-hydrogen) atoms.